The molecule has 0 radical (unpaired) electrons. The van der Waals surface area contributed by atoms with Gasteiger partial charge in [0.05, 0.1) is 7.11 Å². The van der Waals surface area contributed by atoms with E-state index in [1.165, 1.54) is 0 Å². The Balaban J connectivity index is 2.16. The molecule has 0 N–H and O–H groups in total. The lowest BCUT2D eigenvalue weighted by Gasteiger charge is -2.23. The average Bonchev–Trinajstić information content (AvgIpc) is 3.03. The van der Waals surface area contributed by atoms with Gasteiger partial charge in [0.15, 0.2) is 11.5 Å². The molecule has 0 spiro atoms. The number of ether oxygens (including phenoxy) is 2. The standard InChI is InChI=1S/C19H28N2O3/c1-6-10-24-17-9-8-15(11-18(17)23-5)19(22)21-12-14(7-2)16(13-21)20(3)4/h6,8-9,11,14,16H,1,7,10,12-13H2,2-5H3/t14-,16+/m1/s1. The van der Waals surface area contributed by atoms with Gasteiger partial charge < -0.3 is 19.3 Å². The largest absolute Gasteiger partial charge is 0.493 e. The van der Waals surface area contributed by atoms with Crippen molar-refractivity contribution in [3.05, 3.63) is 36.4 Å². The van der Waals surface area contributed by atoms with E-state index in [1.54, 1.807) is 31.4 Å². The minimum Gasteiger partial charge on any atom is -0.493 e. The number of methoxy groups -OCH3 is 1. The molecule has 5 heteroatoms. The Morgan fingerprint density at radius 1 is 1.38 bits per heavy atom. The van der Waals surface area contributed by atoms with E-state index in [2.05, 4.69) is 32.5 Å². The quantitative estimate of drug-likeness (QED) is 0.720. The molecule has 1 aromatic carbocycles. The normalized spacial score (nSPS) is 20.3. The second kappa shape index (κ2) is 8.20. The van der Waals surface area contributed by atoms with Gasteiger partial charge in [-0.1, -0.05) is 26.0 Å². The minimum absolute atomic E-state index is 0.0476. The highest BCUT2D eigenvalue weighted by atomic mass is 16.5. The maximum absolute atomic E-state index is 12.9. The molecule has 1 aliphatic rings. The Morgan fingerprint density at radius 3 is 2.67 bits per heavy atom. The molecule has 5 nitrogen and oxygen atoms in total. The summed E-state index contributed by atoms with van der Waals surface area (Å²) in [5.74, 6) is 1.75. The lowest BCUT2D eigenvalue weighted by atomic mass is 10.0. The van der Waals surface area contributed by atoms with Crippen LogP contribution in [-0.2, 0) is 0 Å². The molecule has 2 rings (SSSR count). The summed E-state index contributed by atoms with van der Waals surface area (Å²) >= 11 is 0. The summed E-state index contributed by atoms with van der Waals surface area (Å²) in [6.45, 7) is 7.79. The van der Waals surface area contributed by atoms with Crippen molar-refractivity contribution >= 4 is 5.91 Å². The van der Waals surface area contributed by atoms with E-state index in [9.17, 15) is 4.79 Å². The summed E-state index contributed by atoms with van der Waals surface area (Å²) in [5, 5.41) is 0. The highest BCUT2D eigenvalue weighted by Crippen LogP contribution is 2.30. The van der Waals surface area contributed by atoms with Gasteiger partial charge in [-0.2, -0.15) is 0 Å². The highest BCUT2D eigenvalue weighted by Gasteiger charge is 2.35. The summed E-state index contributed by atoms with van der Waals surface area (Å²) < 4.78 is 10.9. The first-order valence-corrected chi connectivity index (χ1v) is 8.39. The SMILES string of the molecule is C=CCOc1ccc(C(=O)N2C[C@@H](CC)[C@@H](N(C)C)C2)cc1OC. The smallest absolute Gasteiger partial charge is 0.254 e. The van der Waals surface area contributed by atoms with Crippen molar-refractivity contribution < 1.29 is 14.3 Å². The third-order valence-corrected chi connectivity index (χ3v) is 4.65. The topological polar surface area (TPSA) is 42.0 Å². The first-order chi connectivity index (χ1) is 11.5. The van der Waals surface area contributed by atoms with Gasteiger partial charge in [0.25, 0.3) is 5.91 Å². The Morgan fingerprint density at radius 2 is 2.12 bits per heavy atom. The number of carbonyl (C=O) groups is 1. The van der Waals surface area contributed by atoms with E-state index in [0.717, 1.165) is 19.5 Å². The fourth-order valence-corrected chi connectivity index (χ4v) is 3.26. The van der Waals surface area contributed by atoms with Crippen LogP contribution in [0.2, 0.25) is 0 Å². The fraction of sp³-hybridized carbons (Fsp3) is 0.526. The summed E-state index contributed by atoms with van der Waals surface area (Å²) in [6.07, 6.45) is 2.75. The molecule has 1 amide bonds. The molecular formula is C19H28N2O3. The highest BCUT2D eigenvalue weighted by molar-refractivity contribution is 5.95. The van der Waals surface area contributed by atoms with Crippen molar-refractivity contribution in [2.75, 3.05) is 40.9 Å². The molecule has 132 valence electrons. The van der Waals surface area contributed by atoms with Crippen LogP contribution in [0.1, 0.15) is 23.7 Å². The molecule has 0 bridgehead atoms. The van der Waals surface area contributed by atoms with Crippen LogP contribution in [0.15, 0.2) is 30.9 Å². The van der Waals surface area contributed by atoms with Gasteiger partial charge in [-0.05, 0) is 38.2 Å². The zero-order valence-corrected chi connectivity index (χ0v) is 15.1. The van der Waals surface area contributed by atoms with Crippen LogP contribution in [0.5, 0.6) is 11.5 Å². The first-order valence-electron chi connectivity index (χ1n) is 8.39. The van der Waals surface area contributed by atoms with E-state index in [0.29, 0.717) is 35.6 Å². The van der Waals surface area contributed by atoms with Gasteiger partial charge in [-0.3, -0.25) is 4.79 Å². The molecule has 1 fully saturated rings. The lowest BCUT2D eigenvalue weighted by molar-refractivity contribution is 0.0780. The summed E-state index contributed by atoms with van der Waals surface area (Å²) in [6, 6.07) is 5.75. The lowest BCUT2D eigenvalue weighted by Crippen LogP contribution is -2.36. The Hall–Kier alpha value is -2.01. The number of nitrogens with zero attached hydrogens (tertiary/aromatic N) is 2. The number of rotatable bonds is 7. The summed E-state index contributed by atoms with van der Waals surface area (Å²) in [5.41, 5.74) is 0.632. The zero-order chi connectivity index (χ0) is 17.7. The number of benzene rings is 1. The molecule has 1 aromatic rings. The van der Waals surface area contributed by atoms with E-state index >= 15 is 0 Å². The summed E-state index contributed by atoms with van der Waals surface area (Å²) in [7, 11) is 5.74. The van der Waals surface area contributed by atoms with Crippen molar-refractivity contribution in [3.8, 4) is 11.5 Å². The van der Waals surface area contributed by atoms with Crippen LogP contribution >= 0.6 is 0 Å². The van der Waals surface area contributed by atoms with Crippen molar-refractivity contribution in [2.45, 2.75) is 19.4 Å². The number of amides is 1. The van der Waals surface area contributed by atoms with Crippen molar-refractivity contribution in [1.82, 2.24) is 9.80 Å². The number of hydrogen-bond donors (Lipinski definition) is 0. The Bertz CT molecular complexity index is 586. The van der Waals surface area contributed by atoms with Gasteiger partial charge in [-0.15, -0.1) is 0 Å². The van der Waals surface area contributed by atoms with E-state index in [-0.39, 0.29) is 5.91 Å². The van der Waals surface area contributed by atoms with Crippen LogP contribution in [0.3, 0.4) is 0 Å². The van der Waals surface area contributed by atoms with E-state index < -0.39 is 0 Å². The van der Waals surface area contributed by atoms with Crippen molar-refractivity contribution in [3.63, 3.8) is 0 Å². The molecule has 0 unspecified atom stereocenters. The molecule has 1 heterocycles. The fourth-order valence-electron chi connectivity index (χ4n) is 3.26. The van der Waals surface area contributed by atoms with E-state index in [4.69, 9.17) is 9.47 Å². The van der Waals surface area contributed by atoms with Crippen LogP contribution in [0, 0.1) is 5.92 Å². The molecule has 1 aliphatic heterocycles. The third kappa shape index (κ3) is 3.90. The predicted octanol–water partition coefficient (Wildman–Crippen LogP) is 2.67. The zero-order valence-electron chi connectivity index (χ0n) is 15.1. The van der Waals surface area contributed by atoms with Crippen LogP contribution in [0.4, 0.5) is 0 Å². The monoisotopic (exact) mass is 332 g/mol. The number of likely N-dealkylation sites (N-methyl/N-ethyl adjacent to an activating group) is 1. The molecule has 2 atom stereocenters. The maximum atomic E-state index is 12.9. The molecule has 24 heavy (non-hydrogen) atoms. The van der Waals surface area contributed by atoms with Crippen LogP contribution < -0.4 is 9.47 Å². The van der Waals surface area contributed by atoms with Crippen LogP contribution in [-0.4, -0.2) is 62.7 Å². The second-order valence-electron chi connectivity index (χ2n) is 6.37. The minimum atomic E-state index is 0.0476. The summed E-state index contributed by atoms with van der Waals surface area (Å²) in [4.78, 5) is 17.0. The van der Waals surface area contributed by atoms with Gasteiger partial charge in [-0.25, -0.2) is 0 Å². The molecule has 0 saturated carbocycles. The Kier molecular flexibility index (Phi) is 6.26. The molecule has 0 aliphatic carbocycles. The van der Waals surface area contributed by atoms with Gasteiger partial charge in [0, 0.05) is 24.7 Å². The van der Waals surface area contributed by atoms with Crippen molar-refractivity contribution in [1.29, 1.82) is 0 Å². The first kappa shape index (κ1) is 18.3. The molecular weight excluding hydrogens is 304 g/mol. The van der Waals surface area contributed by atoms with Crippen molar-refractivity contribution in [2.24, 2.45) is 5.92 Å². The van der Waals surface area contributed by atoms with Gasteiger partial charge in [0.1, 0.15) is 6.61 Å². The molecule has 1 saturated heterocycles. The number of carbonyl (C=O) groups excluding carboxylic acids is 1. The second-order valence-corrected chi connectivity index (χ2v) is 6.37. The predicted molar refractivity (Wildman–Crippen MR) is 95.8 cm³/mol. The van der Waals surface area contributed by atoms with Gasteiger partial charge >= 0.3 is 0 Å². The maximum Gasteiger partial charge on any atom is 0.254 e. The third-order valence-electron chi connectivity index (χ3n) is 4.65. The van der Waals surface area contributed by atoms with E-state index in [1.807, 2.05) is 4.90 Å². The number of likely N-dealkylation sites (tertiary alicyclic amines) is 1. The Labute approximate surface area is 144 Å². The van der Waals surface area contributed by atoms with Gasteiger partial charge in [0.2, 0.25) is 0 Å². The molecule has 0 aromatic heterocycles. The number of hydrogen-bond acceptors (Lipinski definition) is 4. The van der Waals surface area contributed by atoms with Crippen LogP contribution in [0.25, 0.3) is 0 Å². The average molecular weight is 332 g/mol.